The lowest BCUT2D eigenvalue weighted by molar-refractivity contribution is -0.140. The molecule has 9 nitrogen and oxygen atoms in total. The van der Waals surface area contributed by atoms with Gasteiger partial charge in [0, 0.05) is 5.56 Å². The van der Waals surface area contributed by atoms with E-state index in [4.69, 9.17) is 42.5 Å². The second-order valence-corrected chi connectivity index (χ2v) is 9.83. The van der Waals surface area contributed by atoms with Crippen molar-refractivity contribution in [1.82, 2.24) is 4.57 Å². The number of hydrogen-bond acceptors (Lipinski definition) is 8. The summed E-state index contributed by atoms with van der Waals surface area (Å²) >= 11 is 14.0. The minimum atomic E-state index is -1.12. The number of carbonyl (C=O) groups is 2. The molecule has 12 heteroatoms. The molecule has 2 aromatic carbocycles. The topological polar surface area (TPSA) is 116 Å². The number of carbonyl (C=O) groups excluding carboxylic acids is 1. The number of fused-ring (bicyclic) bond motifs is 1. The van der Waals surface area contributed by atoms with Gasteiger partial charge in [-0.3, -0.25) is 9.36 Å². The number of benzene rings is 2. The number of halogens is 2. The minimum Gasteiger partial charge on any atom is -0.493 e. The van der Waals surface area contributed by atoms with E-state index in [9.17, 15) is 14.4 Å². The molecule has 0 amide bonds. The van der Waals surface area contributed by atoms with Crippen molar-refractivity contribution in [1.29, 1.82) is 0 Å². The van der Waals surface area contributed by atoms with Gasteiger partial charge in [-0.2, -0.15) is 0 Å². The number of esters is 1. The Bertz CT molecular complexity index is 1640. The zero-order valence-corrected chi connectivity index (χ0v) is 22.8. The average Bonchev–Trinajstić information content (AvgIpc) is 3.18. The van der Waals surface area contributed by atoms with Gasteiger partial charge in [0.15, 0.2) is 22.9 Å². The largest absolute Gasteiger partial charge is 0.493 e. The maximum Gasteiger partial charge on any atom is 0.341 e. The third kappa shape index (κ3) is 5.33. The fraction of sp³-hybridized carbons (Fsp3) is 0.231. The number of nitrogens with zero attached hydrogens (tertiary/aromatic N) is 2. The molecule has 0 spiro atoms. The molecule has 0 saturated heterocycles. The van der Waals surface area contributed by atoms with Gasteiger partial charge < -0.3 is 19.3 Å². The summed E-state index contributed by atoms with van der Waals surface area (Å²) in [6, 6.07) is 8.96. The van der Waals surface area contributed by atoms with Crippen LogP contribution in [0.3, 0.4) is 0 Å². The van der Waals surface area contributed by atoms with E-state index in [0.717, 1.165) is 11.3 Å². The van der Waals surface area contributed by atoms with Gasteiger partial charge in [0.1, 0.15) is 6.04 Å². The van der Waals surface area contributed by atoms with Crippen LogP contribution in [-0.2, 0) is 14.3 Å². The quantitative estimate of drug-likeness (QED) is 0.407. The second-order valence-electron chi connectivity index (χ2n) is 8.04. The summed E-state index contributed by atoms with van der Waals surface area (Å²) in [5.74, 6) is -1.18. The summed E-state index contributed by atoms with van der Waals surface area (Å²) < 4.78 is 17.6. The van der Waals surface area contributed by atoms with E-state index in [-0.39, 0.29) is 28.0 Å². The summed E-state index contributed by atoms with van der Waals surface area (Å²) in [7, 11) is 1.43. The first-order valence-corrected chi connectivity index (χ1v) is 12.9. The molecule has 1 N–H and O–H groups in total. The zero-order valence-electron chi connectivity index (χ0n) is 20.5. The third-order valence-corrected chi connectivity index (χ3v) is 7.45. The van der Waals surface area contributed by atoms with Crippen molar-refractivity contribution < 1.29 is 28.9 Å². The summed E-state index contributed by atoms with van der Waals surface area (Å²) in [5, 5.41) is 9.37. The number of methoxy groups -OCH3 is 1. The molecule has 0 aliphatic carbocycles. The molecule has 1 aromatic heterocycles. The molecule has 0 radical (unpaired) electrons. The highest BCUT2D eigenvalue weighted by Gasteiger charge is 2.34. The Morgan fingerprint density at radius 3 is 2.66 bits per heavy atom. The highest BCUT2D eigenvalue weighted by molar-refractivity contribution is 7.07. The smallest absolute Gasteiger partial charge is 0.341 e. The van der Waals surface area contributed by atoms with Crippen LogP contribution in [0.25, 0.3) is 6.08 Å². The van der Waals surface area contributed by atoms with Gasteiger partial charge in [0.05, 0.1) is 39.6 Å². The van der Waals surface area contributed by atoms with Gasteiger partial charge in [-0.1, -0.05) is 52.7 Å². The molecule has 2 heterocycles. The number of hydrogen-bond donors (Lipinski definition) is 1. The van der Waals surface area contributed by atoms with Crippen LogP contribution in [0.15, 0.2) is 57.5 Å². The number of aromatic nitrogens is 1. The first kappa shape index (κ1) is 27.4. The highest BCUT2D eigenvalue weighted by Crippen LogP contribution is 2.37. The summed E-state index contributed by atoms with van der Waals surface area (Å²) in [6.07, 6.45) is 1.65. The molecule has 38 heavy (non-hydrogen) atoms. The van der Waals surface area contributed by atoms with Crippen molar-refractivity contribution in [3.63, 3.8) is 0 Å². The SMILES string of the molecule is CCOC(=O)C1=C(C)N=c2s/c(=C\c3ccc(OCC(=O)O)c(OC)c3)c(=O)n2[C@@H]1c1cccc(Cl)c1Cl. The maximum absolute atomic E-state index is 13.7. The number of aliphatic carboxylic acids is 1. The highest BCUT2D eigenvalue weighted by atomic mass is 35.5. The van der Waals surface area contributed by atoms with Crippen LogP contribution in [0.2, 0.25) is 10.0 Å². The van der Waals surface area contributed by atoms with Crippen molar-refractivity contribution in [3.8, 4) is 11.5 Å². The predicted octanol–water partition coefficient (Wildman–Crippen LogP) is 3.58. The molecule has 0 saturated carbocycles. The Hall–Kier alpha value is -3.60. The van der Waals surface area contributed by atoms with Gasteiger partial charge in [0.2, 0.25) is 0 Å². The normalized spacial score (nSPS) is 15.1. The van der Waals surface area contributed by atoms with E-state index in [2.05, 4.69) is 4.99 Å². The van der Waals surface area contributed by atoms with E-state index < -0.39 is 30.1 Å². The molecule has 1 aliphatic rings. The second kappa shape index (κ2) is 11.4. The lowest BCUT2D eigenvalue weighted by atomic mass is 9.96. The van der Waals surface area contributed by atoms with Gasteiger partial charge in [-0.25, -0.2) is 14.6 Å². The molecule has 0 bridgehead atoms. The van der Waals surface area contributed by atoms with Gasteiger partial charge in [-0.15, -0.1) is 0 Å². The van der Waals surface area contributed by atoms with Crippen LogP contribution in [0, 0.1) is 0 Å². The third-order valence-electron chi connectivity index (χ3n) is 5.63. The first-order valence-electron chi connectivity index (χ1n) is 11.3. The average molecular weight is 577 g/mol. The van der Waals surface area contributed by atoms with E-state index in [1.54, 1.807) is 56.3 Å². The minimum absolute atomic E-state index is 0.143. The number of allylic oxidation sites excluding steroid dienone is 1. The summed E-state index contributed by atoms with van der Waals surface area (Å²) in [6.45, 7) is 2.98. The van der Waals surface area contributed by atoms with Crippen molar-refractivity contribution in [3.05, 3.63) is 88.5 Å². The van der Waals surface area contributed by atoms with Crippen molar-refractivity contribution in [2.24, 2.45) is 4.99 Å². The molecule has 198 valence electrons. The Labute approximate surface area is 230 Å². The van der Waals surface area contributed by atoms with Crippen LogP contribution < -0.4 is 24.4 Å². The Morgan fingerprint density at radius 1 is 1.21 bits per heavy atom. The van der Waals surface area contributed by atoms with Crippen molar-refractivity contribution in [2.75, 3.05) is 20.3 Å². The van der Waals surface area contributed by atoms with Crippen molar-refractivity contribution >= 4 is 52.6 Å². The van der Waals surface area contributed by atoms with Crippen LogP contribution in [0.5, 0.6) is 11.5 Å². The predicted molar refractivity (Wildman–Crippen MR) is 143 cm³/mol. The molecule has 3 aromatic rings. The molecule has 0 unspecified atom stereocenters. The Kier molecular flexibility index (Phi) is 8.25. The number of carboxylic acids is 1. The van der Waals surface area contributed by atoms with E-state index in [1.165, 1.54) is 11.7 Å². The Morgan fingerprint density at radius 2 is 1.97 bits per heavy atom. The number of rotatable bonds is 8. The van der Waals surface area contributed by atoms with Crippen LogP contribution in [0.4, 0.5) is 0 Å². The molecular formula is C26H22Cl2N2O7S. The number of ether oxygens (including phenoxy) is 3. The molecular weight excluding hydrogens is 555 g/mol. The fourth-order valence-electron chi connectivity index (χ4n) is 4.00. The van der Waals surface area contributed by atoms with Gasteiger partial charge in [-0.05, 0) is 43.7 Å². The standard InChI is InChI=1S/C26H22Cl2N2O7S/c1-4-36-25(34)21-13(2)29-26-30(23(21)15-6-5-7-16(27)22(15)28)24(33)19(38-26)11-14-8-9-17(18(10-14)35-3)37-12-20(31)32/h5-11,23H,4,12H2,1-3H3,(H,31,32)/b19-11-/t23-/m1/s1. The maximum atomic E-state index is 13.7. The molecule has 1 atom stereocenters. The first-order chi connectivity index (χ1) is 18.2. The molecule has 1 aliphatic heterocycles. The molecule has 0 fully saturated rings. The van der Waals surface area contributed by atoms with E-state index >= 15 is 0 Å². The summed E-state index contributed by atoms with van der Waals surface area (Å²) in [4.78, 5) is 42.5. The Balaban J connectivity index is 1.89. The van der Waals surface area contributed by atoms with Crippen LogP contribution in [-0.4, -0.2) is 41.9 Å². The van der Waals surface area contributed by atoms with E-state index in [0.29, 0.717) is 31.9 Å². The van der Waals surface area contributed by atoms with Gasteiger partial charge in [0.25, 0.3) is 5.56 Å². The monoisotopic (exact) mass is 576 g/mol. The molecule has 4 rings (SSSR count). The van der Waals surface area contributed by atoms with E-state index in [1.807, 2.05) is 0 Å². The van der Waals surface area contributed by atoms with Gasteiger partial charge >= 0.3 is 11.9 Å². The lowest BCUT2D eigenvalue weighted by Crippen LogP contribution is -2.40. The van der Waals surface area contributed by atoms with Crippen LogP contribution in [0.1, 0.15) is 31.0 Å². The van der Waals surface area contributed by atoms with Crippen LogP contribution >= 0.6 is 34.5 Å². The zero-order chi connectivity index (χ0) is 27.6. The number of carboxylic acid groups (broad SMARTS) is 1. The van der Waals surface area contributed by atoms with Crippen molar-refractivity contribution in [2.45, 2.75) is 19.9 Å². The summed E-state index contributed by atoms with van der Waals surface area (Å²) in [5.41, 5.74) is 1.27. The number of thiazole rings is 1. The lowest BCUT2D eigenvalue weighted by Gasteiger charge is -2.25. The fourth-order valence-corrected chi connectivity index (χ4v) is 5.46.